The summed E-state index contributed by atoms with van der Waals surface area (Å²) >= 11 is 13.5. The molecule has 2 N–H and O–H groups in total. The zero-order valence-electron chi connectivity index (χ0n) is 17.0. The molecule has 3 aromatic rings. The molecule has 0 aromatic heterocycles. The zero-order valence-corrected chi connectivity index (χ0v) is 20.1. The minimum atomic E-state index is -3.87. The molecule has 10 heteroatoms. The quantitative estimate of drug-likeness (QED) is 0.387. The second-order valence-electron chi connectivity index (χ2n) is 6.62. The van der Waals surface area contributed by atoms with E-state index in [0.717, 1.165) is 11.3 Å². The van der Waals surface area contributed by atoms with Crippen molar-refractivity contribution in [2.24, 2.45) is 0 Å². The van der Waals surface area contributed by atoms with Gasteiger partial charge in [0.15, 0.2) is 0 Å². The van der Waals surface area contributed by atoms with Gasteiger partial charge in [-0.3, -0.25) is 9.52 Å². The van der Waals surface area contributed by atoms with Crippen LogP contribution in [0.5, 0.6) is 5.75 Å². The van der Waals surface area contributed by atoms with E-state index in [1.54, 1.807) is 19.2 Å². The maximum absolute atomic E-state index is 12.6. The first-order chi connectivity index (χ1) is 15.3. The summed E-state index contributed by atoms with van der Waals surface area (Å²) in [6.07, 6.45) is 0. The van der Waals surface area contributed by atoms with Crippen LogP contribution in [0.4, 0.5) is 11.4 Å². The number of halogens is 2. The van der Waals surface area contributed by atoms with Gasteiger partial charge in [0.1, 0.15) is 5.75 Å². The van der Waals surface area contributed by atoms with Crippen LogP contribution in [0, 0.1) is 0 Å². The molecule has 3 rings (SSSR count). The summed E-state index contributed by atoms with van der Waals surface area (Å²) in [5.74, 6) is 1.56. The molecule has 3 aromatic carbocycles. The minimum Gasteiger partial charge on any atom is -0.497 e. The van der Waals surface area contributed by atoms with Crippen LogP contribution in [-0.4, -0.2) is 27.2 Å². The van der Waals surface area contributed by atoms with Crippen molar-refractivity contribution >= 4 is 62.3 Å². The summed E-state index contributed by atoms with van der Waals surface area (Å²) in [5, 5.41) is 3.12. The molecule has 1 amide bonds. The standard InChI is InChI=1S/C22H20Cl2N2O4S2/c1-30-17-9-5-15(6-10-17)13-31-14-21(27)25-16-7-11-18(12-8-16)32(28,29)26-20-4-2-3-19(23)22(20)24/h2-12,26H,13-14H2,1H3,(H,25,27). The van der Waals surface area contributed by atoms with Gasteiger partial charge >= 0.3 is 0 Å². The summed E-state index contributed by atoms with van der Waals surface area (Å²) in [4.78, 5) is 12.2. The number of hydrogen-bond acceptors (Lipinski definition) is 5. The zero-order chi connectivity index (χ0) is 23.1. The van der Waals surface area contributed by atoms with E-state index >= 15 is 0 Å². The van der Waals surface area contributed by atoms with Crippen LogP contribution in [0.2, 0.25) is 10.0 Å². The third-order valence-corrected chi connectivity index (χ3v) is 7.51. The summed E-state index contributed by atoms with van der Waals surface area (Å²) in [6.45, 7) is 0. The van der Waals surface area contributed by atoms with Gasteiger partial charge in [-0.15, -0.1) is 11.8 Å². The van der Waals surface area contributed by atoms with E-state index in [-0.39, 0.29) is 32.3 Å². The van der Waals surface area contributed by atoms with Crippen molar-refractivity contribution in [3.63, 3.8) is 0 Å². The number of methoxy groups -OCH3 is 1. The maximum Gasteiger partial charge on any atom is 0.261 e. The number of carbonyl (C=O) groups excluding carboxylic acids is 1. The predicted octanol–water partition coefficient (Wildman–Crippen LogP) is 5.67. The van der Waals surface area contributed by atoms with Crippen LogP contribution in [0.1, 0.15) is 5.56 Å². The second-order valence-corrected chi connectivity index (χ2v) is 10.1. The van der Waals surface area contributed by atoms with Gasteiger partial charge in [-0.1, -0.05) is 41.4 Å². The highest BCUT2D eigenvalue weighted by Crippen LogP contribution is 2.31. The van der Waals surface area contributed by atoms with E-state index in [1.807, 2.05) is 24.3 Å². The SMILES string of the molecule is COc1ccc(CSCC(=O)Nc2ccc(S(=O)(=O)Nc3cccc(Cl)c3Cl)cc2)cc1. The highest BCUT2D eigenvalue weighted by molar-refractivity contribution is 7.99. The van der Waals surface area contributed by atoms with E-state index in [1.165, 1.54) is 42.1 Å². The molecule has 32 heavy (non-hydrogen) atoms. The van der Waals surface area contributed by atoms with Gasteiger partial charge in [-0.05, 0) is 54.1 Å². The fraction of sp³-hybridized carbons (Fsp3) is 0.136. The molecule has 0 radical (unpaired) electrons. The van der Waals surface area contributed by atoms with Crippen molar-refractivity contribution in [2.45, 2.75) is 10.6 Å². The third-order valence-electron chi connectivity index (χ3n) is 4.31. The Balaban J connectivity index is 1.54. The van der Waals surface area contributed by atoms with Gasteiger partial charge in [0, 0.05) is 11.4 Å². The number of anilines is 2. The number of sulfonamides is 1. The van der Waals surface area contributed by atoms with Gasteiger partial charge in [-0.2, -0.15) is 0 Å². The smallest absolute Gasteiger partial charge is 0.261 e. The summed E-state index contributed by atoms with van der Waals surface area (Å²) < 4.78 is 32.7. The average molecular weight is 511 g/mol. The van der Waals surface area contributed by atoms with Crippen LogP contribution >= 0.6 is 35.0 Å². The number of nitrogens with one attached hydrogen (secondary N) is 2. The second kappa shape index (κ2) is 11.0. The molecular formula is C22H20Cl2N2O4S2. The minimum absolute atomic E-state index is 0.0282. The third kappa shape index (κ3) is 6.56. The molecule has 0 bridgehead atoms. The van der Waals surface area contributed by atoms with Gasteiger partial charge < -0.3 is 10.1 Å². The van der Waals surface area contributed by atoms with E-state index in [0.29, 0.717) is 11.4 Å². The number of benzene rings is 3. The van der Waals surface area contributed by atoms with Crippen molar-refractivity contribution in [3.05, 3.63) is 82.3 Å². The van der Waals surface area contributed by atoms with E-state index < -0.39 is 10.0 Å². The fourth-order valence-corrected chi connectivity index (χ4v) is 4.95. The van der Waals surface area contributed by atoms with Crippen LogP contribution in [-0.2, 0) is 20.6 Å². The monoisotopic (exact) mass is 510 g/mol. The Morgan fingerprint density at radius 1 is 1.00 bits per heavy atom. The number of rotatable bonds is 9. The highest BCUT2D eigenvalue weighted by atomic mass is 35.5. The number of amides is 1. The highest BCUT2D eigenvalue weighted by Gasteiger charge is 2.17. The Morgan fingerprint density at radius 2 is 1.69 bits per heavy atom. The molecule has 0 spiro atoms. The lowest BCUT2D eigenvalue weighted by molar-refractivity contribution is -0.113. The van der Waals surface area contributed by atoms with Crippen molar-refractivity contribution in [1.82, 2.24) is 0 Å². The fourth-order valence-electron chi connectivity index (χ4n) is 2.68. The first-order valence-electron chi connectivity index (χ1n) is 9.36. The molecule has 0 fully saturated rings. The molecule has 168 valence electrons. The van der Waals surface area contributed by atoms with Crippen LogP contribution in [0.3, 0.4) is 0 Å². The molecule has 0 aliphatic heterocycles. The van der Waals surface area contributed by atoms with Crippen LogP contribution in [0.15, 0.2) is 71.6 Å². The lowest BCUT2D eigenvalue weighted by Gasteiger charge is -2.11. The maximum atomic E-state index is 12.6. The predicted molar refractivity (Wildman–Crippen MR) is 131 cm³/mol. The Bertz CT molecular complexity index is 1190. The molecule has 0 saturated heterocycles. The number of carbonyl (C=O) groups is 1. The number of ether oxygens (including phenoxy) is 1. The first-order valence-corrected chi connectivity index (χ1v) is 12.8. The molecule has 0 aliphatic carbocycles. The molecule has 0 heterocycles. The topological polar surface area (TPSA) is 84.5 Å². The molecule has 0 aliphatic rings. The van der Waals surface area contributed by atoms with Crippen molar-refractivity contribution < 1.29 is 17.9 Å². The Hall–Kier alpha value is -2.39. The van der Waals surface area contributed by atoms with E-state index in [9.17, 15) is 13.2 Å². The van der Waals surface area contributed by atoms with Gasteiger partial charge in [-0.25, -0.2) is 8.42 Å². The van der Waals surface area contributed by atoms with Gasteiger partial charge in [0.25, 0.3) is 10.0 Å². The summed E-state index contributed by atoms with van der Waals surface area (Å²) in [6, 6.07) is 18.2. The lowest BCUT2D eigenvalue weighted by atomic mass is 10.2. The largest absolute Gasteiger partial charge is 0.497 e. The average Bonchev–Trinajstić information content (AvgIpc) is 2.77. The van der Waals surface area contributed by atoms with Gasteiger partial charge in [0.2, 0.25) is 5.91 Å². The normalized spacial score (nSPS) is 11.1. The molecular weight excluding hydrogens is 491 g/mol. The molecule has 6 nitrogen and oxygen atoms in total. The first kappa shape index (κ1) is 24.3. The molecule has 0 saturated carbocycles. The van der Waals surface area contributed by atoms with E-state index in [2.05, 4.69) is 10.0 Å². The van der Waals surface area contributed by atoms with Crippen molar-refractivity contribution in [2.75, 3.05) is 22.9 Å². The summed E-state index contributed by atoms with van der Waals surface area (Å²) in [5.41, 5.74) is 1.77. The Labute approximate surface area is 201 Å². The lowest BCUT2D eigenvalue weighted by Crippen LogP contribution is -2.15. The van der Waals surface area contributed by atoms with Crippen LogP contribution < -0.4 is 14.8 Å². The molecule has 0 atom stereocenters. The Morgan fingerprint density at radius 3 is 2.34 bits per heavy atom. The number of hydrogen-bond donors (Lipinski definition) is 2. The van der Waals surface area contributed by atoms with E-state index in [4.69, 9.17) is 27.9 Å². The van der Waals surface area contributed by atoms with Crippen LogP contribution in [0.25, 0.3) is 0 Å². The summed E-state index contributed by atoms with van der Waals surface area (Å²) in [7, 11) is -2.25. The van der Waals surface area contributed by atoms with Crippen molar-refractivity contribution in [3.8, 4) is 5.75 Å². The van der Waals surface area contributed by atoms with Crippen molar-refractivity contribution in [1.29, 1.82) is 0 Å². The van der Waals surface area contributed by atoms with Gasteiger partial charge in [0.05, 0.1) is 33.5 Å². The molecule has 0 unspecified atom stereocenters. The Kier molecular flexibility index (Phi) is 8.31. The number of thioether (sulfide) groups is 1.